The zero-order valence-corrected chi connectivity index (χ0v) is 9.18. The van der Waals surface area contributed by atoms with Gasteiger partial charge in [-0.1, -0.05) is 6.07 Å². The lowest BCUT2D eigenvalue weighted by Gasteiger charge is -2.07. The van der Waals surface area contributed by atoms with Crippen LogP contribution in [0.3, 0.4) is 0 Å². The van der Waals surface area contributed by atoms with Crippen LogP contribution in [0.15, 0.2) is 23.1 Å². The highest BCUT2D eigenvalue weighted by atomic mass is 32.2. The largest absolute Gasteiger partial charge is 0.497 e. The van der Waals surface area contributed by atoms with E-state index in [1.807, 2.05) is 0 Å². The highest BCUT2D eigenvalue weighted by Gasteiger charge is 2.14. The van der Waals surface area contributed by atoms with E-state index in [-0.39, 0.29) is 4.90 Å². The fourth-order valence-electron chi connectivity index (χ4n) is 1.11. The Labute approximate surface area is 84.0 Å². The first-order chi connectivity index (χ1) is 6.51. The monoisotopic (exact) mass is 215 g/mol. The molecule has 1 rings (SSSR count). The van der Waals surface area contributed by atoms with Gasteiger partial charge in [0.25, 0.3) is 0 Å². The summed E-state index contributed by atoms with van der Waals surface area (Å²) in [4.78, 5) is 0.249. The van der Waals surface area contributed by atoms with E-state index >= 15 is 0 Å². The maximum atomic E-state index is 11.5. The predicted molar refractivity (Wildman–Crippen MR) is 54.0 cm³/mol. The Bertz CT molecular complexity index is 426. The van der Waals surface area contributed by atoms with E-state index < -0.39 is 10.0 Å². The molecule has 1 aromatic carbocycles. The molecule has 0 saturated carbocycles. The fraction of sp³-hybridized carbons (Fsp3) is 0.333. The van der Waals surface area contributed by atoms with Crippen molar-refractivity contribution in [3.8, 4) is 5.75 Å². The first kappa shape index (κ1) is 11.0. The van der Waals surface area contributed by atoms with Crippen LogP contribution in [-0.4, -0.2) is 22.6 Å². The van der Waals surface area contributed by atoms with E-state index in [4.69, 9.17) is 4.74 Å². The molecule has 0 unspecified atom stereocenters. The van der Waals surface area contributed by atoms with Crippen LogP contribution in [0.5, 0.6) is 5.75 Å². The molecule has 0 aromatic heterocycles. The first-order valence-corrected chi connectivity index (χ1v) is 5.58. The number of methoxy groups -OCH3 is 1. The van der Waals surface area contributed by atoms with Crippen molar-refractivity contribution < 1.29 is 13.2 Å². The predicted octanol–water partition coefficient (Wildman–Crippen LogP) is 0.912. The summed E-state index contributed by atoms with van der Waals surface area (Å²) in [7, 11) is -0.508. The van der Waals surface area contributed by atoms with Crippen molar-refractivity contribution >= 4 is 10.0 Å². The van der Waals surface area contributed by atoms with Crippen LogP contribution in [0.25, 0.3) is 0 Å². The van der Waals surface area contributed by atoms with Gasteiger partial charge in [0.15, 0.2) is 0 Å². The fourth-order valence-corrected chi connectivity index (χ4v) is 2.09. The summed E-state index contributed by atoms with van der Waals surface area (Å²) in [5.41, 5.74) is 0.695. The summed E-state index contributed by atoms with van der Waals surface area (Å²) in [6.45, 7) is 1.74. The first-order valence-electron chi connectivity index (χ1n) is 4.09. The molecule has 0 aliphatic heterocycles. The summed E-state index contributed by atoms with van der Waals surface area (Å²) in [6, 6.07) is 4.94. The Morgan fingerprint density at radius 1 is 1.36 bits per heavy atom. The number of hydrogen-bond donors (Lipinski definition) is 1. The normalized spacial score (nSPS) is 11.4. The molecule has 5 heteroatoms. The Kier molecular flexibility index (Phi) is 3.13. The third kappa shape index (κ3) is 2.05. The van der Waals surface area contributed by atoms with Crippen molar-refractivity contribution in [2.24, 2.45) is 0 Å². The summed E-state index contributed by atoms with van der Waals surface area (Å²) in [5, 5.41) is 0. The van der Waals surface area contributed by atoms with Crippen LogP contribution in [0.1, 0.15) is 5.56 Å². The van der Waals surface area contributed by atoms with Crippen molar-refractivity contribution in [2.45, 2.75) is 11.8 Å². The van der Waals surface area contributed by atoms with Gasteiger partial charge in [-0.25, -0.2) is 13.1 Å². The molecule has 0 radical (unpaired) electrons. The number of hydrogen-bond acceptors (Lipinski definition) is 3. The lowest BCUT2D eigenvalue weighted by atomic mass is 10.2. The number of sulfonamides is 1. The smallest absolute Gasteiger partial charge is 0.240 e. The molecule has 0 aliphatic carbocycles. The highest BCUT2D eigenvalue weighted by molar-refractivity contribution is 7.89. The van der Waals surface area contributed by atoms with Crippen molar-refractivity contribution in [2.75, 3.05) is 14.2 Å². The third-order valence-electron chi connectivity index (χ3n) is 1.95. The van der Waals surface area contributed by atoms with E-state index in [0.717, 1.165) is 0 Å². The van der Waals surface area contributed by atoms with Crippen LogP contribution in [0.4, 0.5) is 0 Å². The topological polar surface area (TPSA) is 55.4 Å². The standard InChI is InChI=1S/C9H13NO3S/c1-7-4-5-8(13-3)6-9(7)14(11,12)10-2/h4-6,10H,1-3H3. The molecule has 78 valence electrons. The second-order valence-electron chi connectivity index (χ2n) is 2.84. The van der Waals surface area contributed by atoms with Crippen molar-refractivity contribution in [1.29, 1.82) is 0 Å². The van der Waals surface area contributed by atoms with Gasteiger partial charge < -0.3 is 4.74 Å². The van der Waals surface area contributed by atoms with Gasteiger partial charge in [0.1, 0.15) is 5.75 Å². The molecule has 0 fully saturated rings. The maximum Gasteiger partial charge on any atom is 0.240 e. The lowest BCUT2D eigenvalue weighted by molar-refractivity contribution is 0.413. The van der Waals surface area contributed by atoms with Gasteiger partial charge in [-0.05, 0) is 25.6 Å². The van der Waals surface area contributed by atoms with Crippen LogP contribution in [0.2, 0.25) is 0 Å². The van der Waals surface area contributed by atoms with Gasteiger partial charge in [-0.3, -0.25) is 0 Å². The summed E-state index contributed by atoms with van der Waals surface area (Å²) < 4.78 is 30.3. The third-order valence-corrected chi connectivity index (χ3v) is 3.51. The number of aryl methyl sites for hydroxylation is 1. The van der Waals surface area contributed by atoms with Crippen LogP contribution in [-0.2, 0) is 10.0 Å². The molecule has 1 aromatic rings. The summed E-state index contributed by atoms with van der Waals surface area (Å²) in [5.74, 6) is 0.532. The molecule has 0 amide bonds. The minimum atomic E-state index is -3.39. The summed E-state index contributed by atoms with van der Waals surface area (Å²) in [6.07, 6.45) is 0. The molecule has 0 atom stereocenters. The molecule has 0 spiro atoms. The van der Waals surface area contributed by atoms with Crippen LogP contribution >= 0.6 is 0 Å². The Hall–Kier alpha value is -1.07. The molecule has 0 bridgehead atoms. The van der Waals surface area contributed by atoms with E-state index in [2.05, 4.69) is 4.72 Å². The van der Waals surface area contributed by atoms with Gasteiger partial charge in [0.2, 0.25) is 10.0 Å². The lowest BCUT2D eigenvalue weighted by Crippen LogP contribution is -2.19. The molecular weight excluding hydrogens is 202 g/mol. The molecular formula is C9H13NO3S. The van der Waals surface area contributed by atoms with E-state index in [1.54, 1.807) is 19.1 Å². The van der Waals surface area contributed by atoms with Gasteiger partial charge in [-0.2, -0.15) is 0 Å². The Morgan fingerprint density at radius 3 is 2.50 bits per heavy atom. The van der Waals surface area contributed by atoms with Crippen LogP contribution < -0.4 is 9.46 Å². The van der Waals surface area contributed by atoms with Crippen molar-refractivity contribution in [1.82, 2.24) is 4.72 Å². The number of rotatable bonds is 3. The zero-order valence-electron chi connectivity index (χ0n) is 8.37. The second-order valence-corrected chi connectivity index (χ2v) is 4.69. The molecule has 0 saturated heterocycles. The van der Waals surface area contributed by atoms with Gasteiger partial charge >= 0.3 is 0 Å². The SMILES string of the molecule is CNS(=O)(=O)c1cc(OC)ccc1C. The Morgan fingerprint density at radius 2 is 2.00 bits per heavy atom. The molecule has 14 heavy (non-hydrogen) atoms. The van der Waals surface area contributed by atoms with E-state index in [1.165, 1.54) is 20.2 Å². The maximum absolute atomic E-state index is 11.5. The van der Waals surface area contributed by atoms with Gasteiger partial charge in [0, 0.05) is 6.07 Å². The average Bonchev–Trinajstić information content (AvgIpc) is 2.18. The highest BCUT2D eigenvalue weighted by Crippen LogP contribution is 2.20. The zero-order chi connectivity index (χ0) is 10.8. The van der Waals surface area contributed by atoms with Crippen molar-refractivity contribution in [3.63, 3.8) is 0 Å². The Balaban J connectivity index is 3.33. The van der Waals surface area contributed by atoms with E-state index in [0.29, 0.717) is 11.3 Å². The number of benzene rings is 1. The van der Waals surface area contributed by atoms with E-state index in [9.17, 15) is 8.42 Å². The minimum absolute atomic E-state index is 0.249. The molecule has 0 aliphatic rings. The van der Waals surface area contributed by atoms with Gasteiger partial charge in [0.05, 0.1) is 12.0 Å². The van der Waals surface area contributed by atoms with Crippen molar-refractivity contribution in [3.05, 3.63) is 23.8 Å². The summed E-state index contributed by atoms with van der Waals surface area (Å²) >= 11 is 0. The minimum Gasteiger partial charge on any atom is -0.497 e. The molecule has 0 heterocycles. The van der Waals surface area contributed by atoms with Crippen LogP contribution in [0, 0.1) is 6.92 Å². The van der Waals surface area contributed by atoms with Gasteiger partial charge in [-0.15, -0.1) is 0 Å². The second kappa shape index (κ2) is 3.98. The number of ether oxygens (including phenoxy) is 1. The average molecular weight is 215 g/mol. The number of nitrogens with one attached hydrogen (secondary N) is 1. The molecule has 4 nitrogen and oxygen atoms in total. The molecule has 1 N–H and O–H groups in total. The quantitative estimate of drug-likeness (QED) is 0.815.